The first-order valence-corrected chi connectivity index (χ1v) is 10.6. The van der Waals surface area contributed by atoms with Crippen molar-refractivity contribution in [2.24, 2.45) is 5.73 Å². The summed E-state index contributed by atoms with van der Waals surface area (Å²) < 4.78 is 8.26. The molecule has 7 N–H and O–H groups in total. The van der Waals surface area contributed by atoms with Gasteiger partial charge in [0.1, 0.15) is 36.2 Å². The van der Waals surface area contributed by atoms with Gasteiger partial charge in [-0.1, -0.05) is 22.6 Å². The van der Waals surface area contributed by atoms with Crippen LogP contribution in [0.25, 0.3) is 11.2 Å². The number of hydrogen-bond acceptors (Lipinski definition) is 10. The van der Waals surface area contributed by atoms with E-state index in [1.165, 1.54) is 17.2 Å². The Labute approximate surface area is 180 Å². The van der Waals surface area contributed by atoms with E-state index in [-0.39, 0.29) is 12.2 Å². The zero-order valence-corrected chi connectivity index (χ0v) is 17.7. The van der Waals surface area contributed by atoms with Crippen molar-refractivity contribution >= 4 is 45.5 Å². The third-order valence-electron chi connectivity index (χ3n) is 4.91. The lowest BCUT2D eigenvalue weighted by Crippen LogP contribution is -2.43. The van der Waals surface area contributed by atoms with E-state index in [0.29, 0.717) is 30.8 Å². The van der Waals surface area contributed by atoms with Crippen LogP contribution in [-0.4, -0.2) is 94.1 Å². The van der Waals surface area contributed by atoms with Gasteiger partial charge in [-0.15, -0.1) is 0 Å². The molecule has 12 nitrogen and oxygen atoms in total. The molecule has 2 aromatic rings. The van der Waals surface area contributed by atoms with Gasteiger partial charge in [-0.25, -0.2) is 15.0 Å². The average molecular weight is 521 g/mol. The highest BCUT2D eigenvalue weighted by Crippen LogP contribution is 2.32. The Morgan fingerprint density at radius 2 is 2.07 bits per heavy atom. The number of alkyl halides is 1. The first kappa shape index (κ1) is 22.0. The fraction of sp³-hybridized carbons (Fsp3) is 0.625. The summed E-state index contributed by atoms with van der Waals surface area (Å²) in [4.78, 5) is 25.1. The molecule has 1 aliphatic rings. The van der Waals surface area contributed by atoms with Crippen molar-refractivity contribution in [3.05, 3.63) is 12.7 Å². The standard InChI is InChI=1S/C16H24IN7O5/c17-2-4-23(3-1-8(18)16(27)28)5-9-11(25)12(26)15(29-9)24-7-22-10-13(19)20-6-21-14(10)24/h6-9,11-12,15,25-26H,1-5,18H2,(H,27,28)(H2,19,20,21)/t8-,9+,11?,12-,15+/m0/s1. The molecule has 13 heteroatoms. The summed E-state index contributed by atoms with van der Waals surface area (Å²) in [6.07, 6.45) is -0.916. The molecule has 1 fully saturated rings. The minimum absolute atomic E-state index is 0.210. The summed E-state index contributed by atoms with van der Waals surface area (Å²) in [6, 6.07) is -0.957. The van der Waals surface area contributed by atoms with Gasteiger partial charge in [0.2, 0.25) is 0 Å². The average Bonchev–Trinajstić information content (AvgIpc) is 3.23. The predicted octanol–water partition coefficient (Wildman–Crippen LogP) is -1.43. The van der Waals surface area contributed by atoms with Gasteiger partial charge >= 0.3 is 5.97 Å². The van der Waals surface area contributed by atoms with Crippen LogP contribution in [0.1, 0.15) is 12.6 Å². The summed E-state index contributed by atoms with van der Waals surface area (Å²) >= 11 is 2.21. The van der Waals surface area contributed by atoms with Gasteiger partial charge in [0.25, 0.3) is 0 Å². The van der Waals surface area contributed by atoms with Crippen LogP contribution in [0, 0.1) is 0 Å². The van der Waals surface area contributed by atoms with Gasteiger partial charge in [-0.3, -0.25) is 14.3 Å². The number of hydrogen-bond donors (Lipinski definition) is 5. The van der Waals surface area contributed by atoms with Crippen LogP contribution in [0.5, 0.6) is 0 Å². The maximum absolute atomic E-state index is 10.9. The molecule has 29 heavy (non-hydrogen) atoms. The molecular weight excluding hydrogens is 497 g/mol. The van der Waals surface area contributed by atoms with Gasteiger partial charge in [0, 0.05) is 24.1 Å². The Morgan fingerprint density at radius 1 is 1.31 bits per heavy atom. The van der Waals surface area contributed by atoms with Crippen LogP contribution in [-0.2, 0) is 9.53 Å². The number of halogens is 1. The van der Waals surface area contributed by atoms with Crippen LogP contribution in [0.3, 0.4) is 0 Å². The molecule has 3 heterocycles. The van der Waals surface area contributed by atoms with Crippen LogP contribution in [0.2, 0.25) is 0 Å². The van der Waals surface area contributed by atoms with Crippen molar-refractivity contribution in [2.45, 2.75) is 37.0 Å². The molecule has 3 rings (SSSR count). The first-order chi connectivity index (χ1) is 13.8. The lowest BCUT2D eigenvalue weighted by atomic mass is 10.1. The van der Waals surface area contributed by atoms with Gasteiger partial charge in [0.15, 0.2) is 17.7 Å². The molecule has 5 atom stereocenters. The van der Waals surface area contributed by atoms with E-state index in [9.17, 15) is 15.0 Å². The SMILES string of the molecule is Nc1ncnc2c1ncn2[C@@H]1O[C@H](CN(CCI)CC[C@H](N)C(=O)O)C(O)[C@@H]1O. The van der Waals surface area contributed by atoms with Gasteiger partial charge < -0.3 is 31.5 Å². The number of aliphatic carboxylic acids is 1. The fourth-order valence-electron chi connectivity index (χ4n) is 3.28. The summed E-state index contributed by atoms with van der Waals surface area (Å²) in [7, 11) is 0. The van der Waals surface area contributed by atoms with Crippen LogP contribution < -0.4 is 11.5 Å². The Balaban J connectivity index is 1.72. The van der Waals surface area contributed by atoms with E-state index < -0.39 is 36.6 Å². The second-order valence-corrected chi connectivity index (χ2v) is 7.93. The van der Waals surface area contributed by atoms with Gasteiger partial charge in [-0.2, -0.15) is 0 Å². The third-order valence-corrected chi connectivity index (χ3v) is 5.39. The molecule has 2 aromatic heterocycles. The highest BCUT2D eigenvalue weighted by atomic mass is 127. The van der Waals surface area contributed by atoms with E-state index in [1.807, 2.05) is 4.90 Å². The topological polar surface area (TPSA) is 186 Å². The largest absolute Gasteiger partial charge is 0.480 e. The highest BCUT2D eigenvalue weighted by Gasteiger charge is 2.44. The van der Waals surface area contributed by atoms with E-state index in [2.05, 4.69) is 37.5 Å². The van der Waals surface area contributed by atoms with E-state index in [4.69, 9.17) is 21.3 Å². The Kier molecular flexibility index (Phi) is 7.18. The van der Waals surface area contributed by atoms with Gasteiger partial charge in [-0.05, 0) is 6.42 Å². The predicted molar refractivity (Wildman–Crippen MR) is 111 cm³/mol. The number of rotatable bonds is 9. The number of nitrogens with zero attached hydrogens (tertiary/aromatic N) is 5. The fourth-order valence-corrected chi connectivity index (χ4v) is 3.96. The Bertz CT molecular complexity index is 852. The second-order valence-electron chi connectivity index (χ2n) is 6.85. The zero-order valence-electron chi connectivity index (χ0n) is 15.5. The quantitative estimate of drug-likeness (QED) is 0.192. The molecule has 1 unspecified atom stereocenters. The lowest BCUT2D eigenvalue weighted by molar-refractivity contribution is -0.138. The summed E-state index contributed by atoms with van der Waals surface area (Å²) in [6.45, 7) is 1.41. The summed E-state index contributed by atoms with van der Waals surface area (Å²) in [5, 5.41) is 30.0. The number of aliphatic hydroxyl groups excluding tert-OH is 2. The Hall–Kier alpha value is -1.65. The number of aliphatic hydroxyl groups is 2. The molecule has 0 radical (unpaired) electrons. The van der Waals surface area contributed by atoms with E-state index >= 15 is 0 Å². The number of carbonyl (C=O) groups is 1. The van der Waals surface area contributed by atoms with Crippen LogP contribution in [0.15, 0.2) is 12.7 Å². The molecule has 0 bridgehead atoms. The number of aromatic nitrogens is 4. The van der Waals surface area contributed by atoms with Crippen molar-refractivity contribution in [1.82, 2.24) is 24.4 Å². The van der Waals surface area contributed by atoms with Crippen molar-refractivity contribution in [2.75, 3.05) is 29.8 Å². The number of nitrogen functional groups attached to an aromatic ring is 1. The van der Waals surface area contributed by atoms with Crippen LogP contribution in [0.4, 0.5) is 5.82 Å². The van der Waals surface area contributed by atoms with Crippen molar-refractivity contribution < 1.29 is 24.9 Å². The molecule has 0 aliphatic carbocycles. The molecule has 1 aliphatic heterocycles. The van der Waals surface area contributed by atoms with E-state index in [1.54, 1.807) is 0 Å². The molecule has 160 valence electrons. The lowest BCUT2D eigenvalue weighted by Gasteiger charge is -2.26. The Morgan fingerprint density at radius 3 is 2.76 bits per heavy atom. The van der Waals surface area contributed by atoms with Crippen LogP contribution >= 0.6 is 22.6 Å². The number of imidazole rings is 1. The smallest absolute Gasteiger partial charge is 0.320 e. The van der Waals surface area contributed by atoms with E-state index in [0.717, 1.165) is 4.43 Å². The highest BCUT2D eigenvalue weighted by molar-refractivity contribution is 14.1. The minimum atomic E-state index is -1.20. The number of nitrogens with two attached hydrogens (primary N) is 2. The number of carboxylic acid groups (broad SMARTS) is 1. The number of carboxylic acids is 1. The first-order valence-electron chi connectivity index (χ1n) is 9.04. The summed E-state index contributed by atoms with van der Waals surface area (Å²) in [5.41, 5.74) is 12.2. The normalized spacial score (nSPS) is 25.7. The van der Waals surface area contributed by atoms with Crippen molar-refractivity contribution in [3.63, 3.8) is 0 Å². The molecule has 1 saturated heterocycles. The monoisotopic (exact) mass is 521 g/mol. The molecule has 0 aromatic carbocycles. The zero-order chi connectivity index (χ0) is 21.1. The second kappa shape index (κ2) is 9.44. The maximum atomic E-state index is 10.9. The number of fused-ring (bicyclic) bond motifs is 1. The summed E-state index contributed by atoms with van der Waals surface area (Å²) in [5.74, 6) is -0.846. The number of ether oxygens (including phenoxy) is 1. The molecular formula is C16H24IN7O5. The maximum Gasteiger partial charge on any atom is 0.320 e. The van der Waals surface area contributed by atoms with Gasteiger partial charge in [0.05, 0.1) is 6.33 Å². The number of anilines is 1. The molecule has 0 spiro atoms. The molecule has 0 amide bonds. The van der Waals surface area contributed by atoms with Crippen molar-refractivity contribution in [1.29, 1.82) is 0 Å². The minimum Gasteiger partial charge on any atom is -0.480 e. The third kappa shape index (κ3) is 4.75. The van der Waals surface area contributed by atoms with Crippen molar-refractivity contribution in [3.8, 4) is 0 Å². The molecule has 0 saturated carbocycles.